The fraction of sp³-hybridized carbons (Fsp3) is 0.381. The molecule has 2 aliphatic heterocycles. The SMILES string of the molecule is O=C(NCc1cccc(N2CCOC2=O)c1)C1CCCCN1C(=O)c1ccco1. The summed E-state index contributed by atoms with van der Waals surface area (Å²) < 4.78 is 10.2. The number of carbonyl (C=O) groups is 3. The van der Waals surface area contributed by atoms with Crippen LogP contribution >= 0.6 is 0 Å². The second kappa shape index (κ2) is 8.38. The molecule has 2 saturated heterocycles. The third kappa shape index (κ3) is 4.11. The third-order valence-electron chi connectivity index (χ3n) is 5.25. The van der Waals surface area contributed by atoms with E-state index in [1.165, 1.54) is 6.26 Å². The lowest BCUT2D eigenvalue weighted by atomic mass is 10.0. The molecule has 29 heavy (non-hydrogen) atoms. The number of nitrogens with zero attached hydrogens (tertiary/aromatic N) is 2. The molecule has 152 valence electrons. The number of likely N-dealkylation sites (tertiary alicyclic amines) is 1. The number of benzene rings is 1. The second-order valence-electron chi connectivity index (χ2n) is 7.14. The number of ether oxygens (including phenoxy) is 1. The Balaban J connectivity index is 1.41. The van der Waals surface area contributed by atoms with Gasteiger partial charge in [-0.15, -0.1) is 0 Å². The van der Waals surface area contributed by atoms with Crippen molar-refractivity contribution in [2.45, 2.75) is 31.8 Å². The molecule has 4 rings (SSSR count). The van der Waals surface area contributed by atoms with Gasteiger partial charge in [-0.05, 0) is 49.1 Å². The monoisotopic (exact) mass is 397 g/mol. The molecule has 1 aromatic carbocycles. The van der Waals surface area contributed by atoms with Gasteiger partial charge in [-0.3, -0.25) is 14.5 Å². The van der Waals surface area contributed by atoms with Crippen LogP contribution in [0.2, 0.25) is 0 Å². The van der Waals surface area contributed by atoms with E-state index in [-0.39, 0.29) is 23.7 Å². The molecule has 2 aliphatic rings. The van der Waals surface area contributed by atoms with Crippen molar-refractivity contribution < 1.29 is 23.5 Å². The molecular weight excluding hydrogens is 374 g/mol. The van der Waals surface area contributed by atoms with Gasteiger partial charge in [0.15, 0.2) is 5.76 Å². The number of hydrogen-bond donors (Lipinski definition) is 1. The summed E-state index contributed by atoms with van der Waals surface area (Å²) in [6.45, 7) is 1.74. The van der Waals surface area contributed by atoms with Crippen LogP contribution < -0.4 is 10.2 Å². The van der Waals surface area contributed by atoms with Crippen molar-refractivity contribution in [1.82, 2.24) is 10.2 Å². The Morgan fingerprint density at radius 1 is 1.14 bits per heavy atom. The molecule has 1 atom stereocenters. The molecule has 0 spiro atoms. The van der Waals surface area contributed by atoms with E-state index >= 15 is 0 Å². The van der Waals surface area contributed by atoms with Gasteiger partial charge in [0.1, 0.15) is 12.6 Å². The molecule has 0 saturated carbocycles. The minimum Gasteiger partial charge on any atom is -0.459 e. The minimum atomic E-state index is -0.516. The van der Waals surface area contributed by atoms with Crippen molar-refractivity contribution in [3.8, 4) is 0 Å². The maximum atomic E-state index is 12.8. The predicted molar refractivity (Wildman–Crippen MR) is 104 cm³/mol. The highest BCUT2D eigenvalue weighted by molar-refractivity contribution is 5.95. The summed E-state index contributed by atoms with van der Waals surface area (Å²) in [5.41, 5.74) is 1.61. The van der Waals surface area contributed by atoms with Gasteiger partial charge in [-0.2, -0.15) is 0 Å². The van der Waals surface area contributed by atoms with Gasteiger partial charge in [-0.1, -0.05) is 12.1 Å². The lowest BCUT2D eigenvalue weighted by Crippen LogP contribution is -2.51. The van der Waals surface area contributed by atoms with E-state index in [2.05, 4.69) is 5.32 Å². The number of furan rings is 1. The van der Waals surface area contributed by atoms with Gasteiger partial charge in [0.05, 0.1) is 12.8 Å². The number of amides is 3. The summed E-state index contributed by atoms with van der Waals surface area (Å²) in [6, 6.07) is 10.2. The molecule has 3 heterocycles. The Hall–Kier alpha value is -3.29. The first-order chi connectivity index (χ1) is 14.1. The second-order valence-corrected chi connectivity index (χ2v) is 7.14. The Morgan fingerprint density at radius 3 is 2.79 bits per heavy atom. The number of piperidine rings is 1. The largest absolute Gasteiger partial charge is 0.459 e. The van der Waals surface area contributed by atoms with Gasteiger partial charge in [0.2, 0.25) is 5.91 Å². The number of rotatable bonds is 5. The van der Waals surface area contributed by atoms with Crippen LogP contribution in [0, 0.1) is 0 Å². The van der Waals surface area contributed by atoms with Crippen LogP contribution in [0.4, 0.5) is 10.5 Å². The normalized spacial score (nSPS) is 19.2. The van der Waals surface area contributed by atoms with Crippen LogP contribution in [-0.2, 0) is 16.1 Å². The van der Waals surface area contributed by atoms with Crippen molar-refractivity contribution in [3.63, 3.8) is 0 Å². The van der Waals surface area contributed by atoms with E-state index in [1.54, 1.807) is 21.9 Å². The van der Waals surface area contributed by atoms with E-state index < -0.39 is 6.04 Å². The van der Waals surface area contributed by atoms with Crippen molar-refractivity contribution in [2.75, 3.05) is 24.6 Å². The molecule has 2 aromatic rings. The van der Waals surface area contributed by atoms with Gasteiger partial charge in [0, 0.05) is 18.8 Å². The highest BCUT2D eigenvalue weighted by atomic mass is 16.6. The van der Waals surface area contributed by atoms with Gasteiger partial charge in [-0.25, -0.2) is 4.79 Å². The highest BCUT2D eigenvalue weighted by Gasteiger charge is 2.33. The first kappa shape index (κ1) is 19.0. The molecule has 1 aromatic heterocycles. The summed E-state index contributed by atoms with van der Waals surface area (Å²) in [6.07, 6.45) is 3.48. The Kier molecular flexibility index (Phi) is 5.50. The maximum absolute atomic E-state index is 12.8. The molecule has 2 fully saturated rings. The Morgan fingerprint density at radius 2 is 2.03 bits per heavy atom. The molecular formula is C21H23N3O5. The number of anilines is 1. The van der Waals surface area contributed by atoms with E-state index in [0.29, 0.717) is 32.7 Å². The van der Waals surface area contributed by atoms with Gasteiger partial charge < -0.3 is 19.4 Å². The van der Waals surface area contributed by atoms with Crippen molar-refractivity contribution >= 4 is 23.6 Å². The molecule has 0 radical (unpaired) electrons. The van der Waals surface area contributed by atoms with Crippen molar-refractivity contribution in [1.29, 1.82) is 0 Å². The molecule has 8 nitrogen and oxygen atoms in total. The van der Waals surface area contributed by atoms with E-state index in [9.17, 15) is 14.4 Å². The van der Waals surface area contributed by atoms with Crippen LogP contribution in [0.1, 0.15) is 35.4 Å². The predicted octanol–water partition coefficient (Wildman–Crippen LogP) is 2.55. The number of hydrogen-bond acceptors (Lipinski definition) is 5. The number of nitrogens with one attached hydrogen (secondary N) is 1. The standard InChI is InChI=1S/C21H23N3O5/c25-19(17-7-1-2-9-24(17)20(26)18-8-4-11-28-18)22-14-15-5-3-6-16(13-15)23-10-12-29-21(23)27/h3-6,8,11,13,17H,1-2,7,9-10,12,14H2,(H,22,25). The lowest BCUT2D eigenvalue weighted by Gasteiger charge is -2.34. The average Bonchev–Trinajstić information content (AvgIpc) is 3.43. The maximum Gasteiger partial charge on any atom is 0.414 e. The molecule has 0 aliphatic carbocycles. The summed E-state index contributed by atoms with van der Waals surface area (Å²) in [5.74, 6) is -0.199. The zero-order valence-corrected chi connectivity index (χ0v) is 16.0. The van der Waals surface area contributed by atoms with Gasteiger partial charge in [0.25, 0.3) is 5.91 Å². The molecule has 8 heteroatoms. The molecule has 0 bridgehead atoms. The topological polar surface area (TPSA) is 92.1 Å². The molecule has 1 N–H and O–H groups in total. The number of cyclic esters (lactones) is 1. The first-order valence-corrected chi connectivity index (χ1v) is 9.79. The smallest absolute Gasteiger partial charge is 0.414 e. The third-order valence-corrected chi connectivity index (χ3v) is 5.25. The minimum absolute atomic E-state index is 0.185. The molecule has 1 unspecified atom stereocenters. The van der Waals surface area contributed by atoms with Crippen LogP contribution in [-0.4, -0.2) is 48.5 Å². The van der Waals surface area contributed by atoms with Crippen LogP contribution in [0.15, 0.2) is 47.1 Å². The average molecular weight is 397 g/mol. The summed E-state index contributed by atoms with van der Waals surface area (Å²) in [7, 11) is 0. The van der Waals surface area contributed by atoms with Crippen molar-refractivity contribution in [3.05, 3.63) is 54.0 Å². The Bertz CT molecular complexity index is 895. The number of carbonyl (C=O) groups excluding carboxylic acids is 3. The summed E-state index contributed by atoms with van der Waals surface area (Å²) in [5, 5.41) is 2.93. The van der Waals surface area contributed by atoms with Gasteiger partial charge >= 0.3 is 6.09 Å². The summed E-state index contributed by atoms with van der Waals surface area (Å²) >= 11 is 0. The van der Waals surface area contributed by atoms with E-state index in [4.69, 9.17) is 9.15 Å². The lowest BCUT2D eigenvalue weighted by molar-refractivity contribution is -0.126. The van der Waals surface area contributed by atoms with E-state index in [0.717, 1.165) is 24.1 Å². The fourth-order valence-corrected chi connectivity index (χ4v) is 3.76. The van der Waals surface area contributed by atoms with Crippen LogP contribution in [0.5, 0.6) is 0 Å². The van der Waals surface area contributed by atoms with Crippen molar-refractivity contribution in [2.24, 2.45) is 0 Å². The van der Waals surface area contributed by atoms with Crippen LogP contribution in [0.3, 0.4) is 0 Å². The summed E-state index contributed by atoms with van der Waals surface area (Å²) in [4.78, 5) is 40.4. The fourth-order valence-electron chi connectivity index (χ4n) is 3.76. The first-order valence-electron chi connectivity index (χ1n) is 9.79. The quantitative estimate of drug-likeness (QED) is 0.837. The van der Waals surface area contributed by atoms with Crippen LogP contribution in [0.25, 0.3) is 0 Å². The molecule has 3 amide bonds. The zero-order chi connectivity index (χ0) is 20.2. The highest BCUT2D eigenvalue weighted by Crippen LogP contribution is 2.22. The van der Waals surface area contributed by atoms with E-state index in [1.807, 2.05) is 24.3 Å². The Labute approximate surface area is 168 Å². The zero-order valence-electron chi connectivity index (χ0n) is 16.0.